The maximum Gasteiger partial charge on any atom is 0.00196 e. The van der Waals surface area contributed by atoms with E-state index in [1.54, 1.807) is 0 Å². The van der Waals surface area contributed by atoms with Gasteiger partial charge in [-0.1, -0.05) is 6.08 Å². The Kier molecular flexibility index (Phi) is 3.59. The van der Waals surface area contributed by atoms with E-state index in [9.17, 15) is 0 Å². The molecule has 0 amide bonds. The molecule has 14 heavy (non-hydrogen) atoms. The zero-order valence-corrected chi connectivity index (χ0v) is 9.89. The molecule has 2 saturated carbocycles. The van der Waals surface area contributed by atoms with Crippen LogP contribution in [0.3, 0.4) is 0 Å². The highest BCUT2D eigenvalue weighted by Gasteiger charge is 2.31. The molecular formula is C13H22S. The van der Waals surface area contributed by atoms with Crippen LogP contribution in [0, 0.1) is 17.8 Å². The lowest BCUT2D eigenvalue weighted by molar-refractivity contribution is 0.226. The van der Waals surface area contributed by atoms with E-state index in [-0.39, 0.29) is 0 Å². The second kappa shape index (κ2) is 4.74. The van der Waals surface area contributed by atoms with Crippen LogP contribution in [-0.2, 0) is 0 Å². The van der Waals surface area contributed by atoms with Gasteiger partial charge in [0.05, 0.1) is 0 Å². The largest absolute Gasteiger partial charge is 0.176 e. The molecule has 0 heterocycles. The van der Waals surface area contributed by atoms with Gasteiger partial charge in [-0.3, -0.25) is 0 Å². The van der Waals surface area contributed by atoms with Crippen molar-refractivity contribution in [3.05, 3.63) is 12.7 Å². The van der Waals surface area contributed by atoms with Crippen molar-refractivity contribution < 1.29 is 0 Å². The van der Waals surface area contributed by atoms with Crippen molar-refractivity contribution in [3.8, 4) is 0 Å². The lowest BCUT2D eigenvalue weighted by Gasteiger charge is -2.30. The van der Waals surface area contributed by atoms with Crippen molar-refractivity contribution >= 4 is 12.6 Å². The summed E-state index contributed by atoms with van der Waals surface area (Å²) in [7, 11) is 0. The molecule has 2 atom stereocenters. The molecule has 0 nitrogen and oxygen atoms in total. The molecular weight excluding hydrogens is 188 g/mol. The number of thiol groups is 1. The highest BCUT2D eigenvalue weighted by molar-refractivity contribution is 7.80. The van der Waals surface area contributed by atoms with Crippen LogP contribution >= 0.6 is 12.6 Å². The molecule has 0 aromatic rings. The minimum Gasteiger partial charge on any atom is -0.176 e. The molecule has 0 spiro atoms. The van der Waals surface area contributed by atoms with E-state index in [1.807, 2.05) is 0 Å². The fourth-order valence-electron chi connectivity index (χ4n) is 3.27. The summed E-state index contributed by atoms with van der Waals surface area (Å²) in [6.45, 7) is 3.91. The fourth-order valence-corrected chi connectivity index (χ4v) is 3.69. The average molecular weight is 210 g/mol. The molecule has 80 valence electrons. The maximum atomic E-state index is 4.59. The van der Waals surface area contributed by atoms with Crippen molar-refractivity contribution in [1.29, 1.82) is 0 Å². The number of allylic oxidation sites excluding steroid dienone is 1. The van der Waals surface area contributed by atoms with Crippen LogP contribution in [0.1, 0.15) is 44.9 Å². The molecule has 1 heteroatoms. The summed E-state index contributed by atoms with van der Waals surface area (Å²) in [5.74, 6) is 2.84. The minimum atomic E-state index is 0.706. The highest BCUT2D eigenvalue weighted by Crippen LogP contribution is 2.42. The quantitative estimate of drug-likeness (QED) is 0.515. The van der Waals surface area contributed by atoms with Gasteiger partial charge >= 0.3 is 0 Å². The Hall–Kier alpha value is 0.0900. The van der Waals surface area contributed by atoms with E-state index in [4.69, 9.17) is 0 Å². The van der Waals surface area contributed by atoms with Gasteiger partial charge < -0.3 is 0 Å². The molecule has 0 aromatic carbocycles. The zero-order chi connectivity index (χ0) is 9.97. The normalized spacial score (nSPS) is 43.8. The molecule has 0 N–H and O–H groups in total. The number of hydrogen-bond acceptors (Lipinski definition) is 1. The Morgan fingerprint density at radius 3 is 2.07 bits per heavy atom. The third kappa shape index (κ3) is 2.36. The monoisotopic (exact) mass is 210 g/mol. The van der Waals surface area contributed by atoms with Gasteiger partial charge in [-0.05, 0) is 62.7 Å². The predicted molar refractivity (Wildman–Crippen MR) is 65.8 cm³/mol. The molecule has 0 aromatic heterocycles. The molecule has 2 unspecified atom stereocenters. The molecule has 2 rings (SSSR count). The van der Waals surface area contributed by atoms with Crippen LogP contribution < -0.4 is 0 Å². The summed E-state index contributed by atoms with van der Waals surface area (Å²) in [5.41, 5.74) is 0. The first-order valence-corrected chi connectivity index (χ1v) is 6.62. The first-order valence-electron chi connectivity index (χ1n) is 6.10. The summed E-state index contributed by atoms with van der Waals surface area (Å²) in [6, 6.07) is 0. The minimum absolute atomic E-state index is 0.706. The Balaban J connectivity index is 1.80. The Morgan fingerprint density at radius 2 is 1.57 bits per heavy atom. The number of rotatable bonds is 2. The molecule has 2 fully saturated rings. The van der Waals surface area contributed by atoms with Gasteiger partial charge in [0.2, 0.25) is 0 Å². The summed E-state index contributed by atoms with van der Waals surface area (Å²) < 4.78 is 0. The van der Waals surface area contributed by atoms with Gasteiger partial charge in [0.15, 0.2) is 0 Å². The topological polar surface area (TPSA) is 0 Å². The van der Waals surface area contributed by atoms with Gasteiger partial charge in [0.25, 0.3) is 0 Å². The van der Waals surface area contributed by atoms with Crippen LogP contribution in [0.5, 0.6) is 0 Å². The molecule has 0 radical (unpaired) electrons. The van der Waals surface area contributed by atoms with Crippen molar-refractivity contribution in [1.82, 2.24) is 0 Å². The van der Waals surface area contributed by atoms with Crippen molar-refractivity contribution in [2.45, 2.75) is 50.2 Å². The van der Waals surface area contributed by atoms with Crippen LogP contribution in [0.25, 0.3) is 0 Å². The lowest BCUT2D eigenvalue weighted by atomic mass is 9.75. The Labute approximate surface area is 93.6 Å². The fraction of sp³-hybridized carbons (Fsp3) is 0.846. The number of hydrogen-bond donors (Lipinski definition) is 1. The van der Waals surface area contributed by atoms with Gasteiger partial charge in [-0.2, -0.15) is 12.6 Å². The molecule has 2 aliphatic rings. The van der Waals surface area contributed by atoms with Gasteiger partial charge in [-0.15, -0.1) is 6.58 Å². The smallest absolute Gasteiger partial charge is 0.00196 e. The van der Waals surface area contributed by atoms with Crippen LogP contribution in [0.15, 0.2) is 12.7 Å². The maximum absolute atomic E-state index is 4.59. The predicted octanol–water partition coefficient (Wildman–Crippen LogP) is 4.08. The van der Waals surface area contributed by atoms with E-state index in [0.29, 0.717) is 5.25 Å². The lowest BCUT2D eigenvalue weighted by Crippen LogP contribution is -2.19. The summed E-state index contributed by atoms with van der Waals surface area (Å²) in [6.07, 6.45) is 12.0. The van der Waals surface area contributed by atoms with Gasteiger partial charge in [-0.25, -0.2) is 0 Å². The van der Waals surface area contributed by atoms with Crippen LogP contribution in [0.4, 0.5) is 0 Å². The zero-order valence-electron chi connectivity index (χ0n) is 8.99. The molecule has 0 saturated heterocycles. The van der Waals surface area contributed by atoms with Crippen molar-refractivity contribution in [3.63, 3.8) is 0 Å². The van der Waals surface area contributed by atoms with Gasteiger partial charge in [0.1, 0.15) is 0 Å². The van der Waals surface area contributed by atoms with E-state index in [0.717, 1.165) is 17.8 Å². The first-order chi connectivity index (χ1) is 6.79. The van der Waals surface area contributed by atoms with E-state index < -0.39 is 0 Å². The van der Waals surface area contributed by atoms with E-state index in [2.05, 4.69) is 25.3 Å². The van der Waals surface area contributed by atoms with Gasteiger partial charge in [0, 0.05) is 5.25 Å². The van der Waals surface area contributed by atoms with E-state index in [1.165, 1.54) is 44.9 Å². The first kappa shape index (κ1) is 10.6. The SMILES string of the molecule is C=CC1CCC(C2CCC(S)C2)CC1. The highest BCUT2D eigenvalue weighted by atomic mass is 32.1. The summed E-state index contributed by atoms with van der Waals surface area (Å²) in [4.78, 5) is 0. The second-order valence-electron chi connectivity index (χ2n) is 5.14. The Bertz CT molecular complexity index is 191. The van der Waals surface area contributed by atoms with Crippen LogP contribution in [0.2, 0.25) is 0 Å². The van der Waals surface area contributed by atoms with Crippen LogP contribution in [-0.4, -0.2) is 5.25 Å². The summed E-state index contributed by atoms with van der Waals surface area (Å²) >= 11 is 4.59. The third-order valence-electron chi connectivity index (χ3n) is 4.26. The van der Waals surface area contributed by atoms with E-state index >= 15 is 0 Å². The summed E-state index contributed by atoms with van der Waals surface area (Å²) in [5, 5.41) is 0.706. The van der Waals surface area contributed by atoms with Crippen molar-refractivity contribution in [2.24, 2.45) is 17.8 Å². The molecule has 0 aliphatic heterocycles. The standard InChI is InChI=1S/C13H22S/c1-2-10-3-5-11(6-4-10)12-7-8-13(14)9-12/h2,10-14H,1,3-9H2. The average Bonchev–Trinajstić information content (AvgIpc) is 2.65. The third-order valence-corrected chi connectivity index (χ3v) is 4.73. The molecule has 2 aliphatic carbocycles. The Morgan fingerprint density at radius 1 is 0.929 bits per heavy atom. The molecule has 0 bridgehead atoms. The second-order valence-corrected chi connectivity index (χ2v) is 5.87. The van der Waals surface area contributed by atoms with Crippen molar-refractivity contribution in [2.75, 3.05) is 0 Å².